The molecular weight excluding hydrogens is 570 g/mol. The van der Waals surface area contributed by atoms with Gasteiger partial charge in [0.05, 0.1) is 17.5 Å². The fourth-order valence-corrected chi connectivity index (χ4v) is 7.46. The number of nitriles is 1. The highest BCUT2D eigenvalue weighted by Crippen LogP contribution is 2.62. The van der Waals surface area contributed by atoms with Crippen molar-refractivity contribution >= 4 is 29.2 Å². The topological polar surface area (TPSA) is 118 Å². The van der Waals surface area contributed by atoms with Crippen molar-refractivity contribution in [3.05, 3.63) is 125 Å². The van der Waals surface area contributed by atoms with Crippen LogP contribution in [0.4, 0.5) is 5.69 Å². The van der Waals surface area contributed by atoms with Crippen molar-refractivity contribution in [3.8, 4) is 23.3 Å². The number of nitrogens with one attached hydrogen (secondary N) is 1. The number of nitrogens with zero attached hydrogens (tertiary/aromatic N) is 2. The van der Waals surface area contributed by atoms with E-state index in [1.807, 2.05) is 71.8 Å². The predicted octanol–water partition coefficient (Wildman–Crippen LogP) is 5.30. The van der Waals surface area contributed by atoms with E-state index < -0.39 is 29.2 Å². The van der Waals surface area contributed by atoms with E-state index in [0.717, 1.165) is 11.1 Å². The first-order valence-electron chi connectivity index (χ1n) is 14.6. The zero-order valence-electron chi connectivity index (χ0n) is 23.8. The maximum Gasteiger partial charge on any atom is 0.238 e. The number of Topliss-reactive ketones (excluding diaryl/α,β-unsaturated/α-hetero) is 2. The second kappa shape index (κ2) is 10.1. The van der Waals surface area contributed by atoms with Crippen LogP contribution in [0.2, 0.25) is 0 Å². The molecule has 4 atom stereocenters. The van der Waals surface area contributed by atoms with Crippen LogP contribution in [0.15, 0.2) is 97.2 Å². The molecule has 0 aliphatic carbocycles. The van der Waals surface area contributed by atoms with Crippen molar-refractivity contribution in [2.45, 2.75) is 17.5 Å². The Bertz CT molecular complexity index is 2000. The maximum atomic E-state index is 15.1. The molecule has 0 unspecified atom stereocenters. The number of hydrogen-bond acceptors (Lipinski definition) is 8. The maximum absolute atomic E-state index is 15.1. The number of rotatable bonds is 6. The molecule has 0 saturated carbocycles. The van der Waals surface area contributed by atoms with Crippen LogP contribution >= 0.6 is 0 Å². The summed E-state index contributed by atoms with van der Waals surface area (Å²) >= 11 is 0. The summed E-state index contributed by atoms with van der Waals surface area (Å²) in [7, 11) is 0. The third-order valence-corrected chi connectivity index (χ3v) is 9.22. The van der Waals surface area contributed by atoms with Crippen molar-refractivity contribution in [1.82, 2.24) is 4.90 Å². The molecule has 0 bridgehead atoms. The van der Waals surface area contributed by atoms with Crippen LogP contribution in [0.5, 0.6) is 17.2 Å². The Morgan fingerprint density at radius 1 is 0.956 bits per heavy atom. The Kier molecular flexibility index (Phi) is 6.00. The van der Waals surface area contributed by atoms with Crippen molar-refractivity contribution in [1.29, 1.82) is 5.26 Å². The average molecular weight is 596 g/mol. The van der Waals surface area contributed by atoms with Gasteiger partial charge in [-0.2, -0.15) is 5.26 Å². The number of ketones is 2. The summed E-state index contributed by atoms with van der Waals surface area (Å²) in [6, 6.07) is 26.9. The van der Waals surface area contributed by atoms with Gasteiger partial charge in [-0.05, 0) is 59.2 Å². The van der Waals surface area contributed by atoms with Crippen LogP contribution < -0.4 is 19.5 Å². The number of para-hydroxylation sites is 2. The number of amides is 1. The van der Waals surface area contributed by atoms with Gasteiger partial charge in [-0.1, -0.05) is 54.6 Å². The molecule has 4 aliphatic heterocycles. The number of anilines is 1. The molecule has 0 aromatic heterocycles. The van der Waals surface area contributed by atoms with E-state index in [9.17, 15) is 14.9 Å². The SMILES string of the molecule is N#CCOc1ccccc1C(=O)[C@@H]1[C@H](C(=O)c2ccc3c(c2)OCO3)[C@@]2(C(=O)Nc3ccccc32)[C@H]2c3ccccc3C=CN12. The lowest BCUT2D eigenvalue weighted by Gasteiger charge is -2.38. The normalized spacial score (nSPS) is 23.1. The lowest BCUT2D eigenvalue weighted by molar-refractivity contribution is -0.122. The van der Waals surface area contributed by atoms with Gasteiger partial charge in [-0.25, -0.2) is 0 Å². The number of hydrogen-bond donors (Lipinski definition) is 1. The molecular formula is C36H25N3O6. The van der Waals surface area contributed by atoms with Crippen LogP contribution in [0.25, 0.3) is 6.08 Å². The van der Waals surface area contributed by atoms with Gasteiger partial charge in [0.25, 0.3) is 0 Å². The molecule has 1 saturated heterocycles. The third-order valence-electron chi connectivity index (χ3n) is 9.22. The number of carbonyl (C=O) groups excluding carboxylic acids is 3. The van der Waals surface area contributed by atoms with Crippen molar-refractivity contribution < 1.29 is 28.6 Å². The summed E-state index contributed by atoms with van der Waals surface area (Å²) < 4.78 is 16.8. The van der Waals surface area contributed by atoms with E-state index in [1.54, 1.807) is 42.5 Å². The fraction of sp³-hybridized carbons (Fsp3) is 0.167. The molecule has 1 N–H and O–H groups in total. The van der Waals surface area contributed by atoms with E-state index in [1.165, 1.54) is 0 Å². The van der Waals surface area contributed by atoms with E-state index in [4.69, 9.17) is 14.2 Å². The lowest BCUT2D eigenvalue weighted by atomic mass is 9.62. The minimum Gasteiger partial charge on any atom is -0.478 e. The van der Waals surface area contributed by atoms with Crippen molar-refractivity contribution in [3.63, 3.8) is 0 Å². The Morgan fingerprint density at radius 3 is 2.62 bits per heavy atom. The van der Waals surface area contributed by atoms with E-state index in [-0.39, 0.29) is 36.4 Å². The molecule has 4 aliphatic rings. The highest BCUT2D eigenvalue weighted by atomic mass is 16.7. The van der Waals surface area contributed by atoms with Gasteiger partial charge in [0, 0.05) is 17.5 Å². The molecule has 1 fully saturated rings. The van der Waals surface area contributed by atoms with Crippen molar-refractivity contribution in [2.75, 3.05) is 18.7 Å². The van der Waals surface area contributed by atoms with Gasteiger partial charge in [-0.15, -0.1) is 0 Å². The van der Waals surface area contributed by atoms with Gasteiger partial charge in [0.15, 0.2) is 29.7 Å². The largest absolute Gasteiger partial charge is 0.478 e. The van der Waals surface area contributed by atoms with Crippen LogP contribution in [-0.2, 0) is 10.2 Å². The summed E-state index contributed by atoms with van der Waals surface area (Å²) in [6.07, 6.45) is 3.72. The predicted molar refractivity (Wildman–Crippen MR) is 163 cm³/mol. The molecule has 9 heteroatoms. The molecule has 220 valence electrons. The third kappa shape index (κ3) is 3.75. The minimum atomic E-state index is -1.48. The Morgan fingerprint density at radius 2 is 1.73 bits per heavy atom. The first-order valence-corrected chi connectivity index (χ1v) is 14.6. The number of benzene rings is 4. The molecule has 45 heavy (non-hydrogen) atoms. The van der Waals surface area contributed by atoms with Crippen LogP contribution in [0.3, 0.4) is 0 Å². The quantitative estimate of drug-likeness (QED) is 0.299. The smallest absolute Gasteiger partial charge is 0.238 e. The lowest BCUT2D eigenvalue weighted by Crippen LogP contribution is -2.49. The van der Waals surface area contributed by atoms with Gasteiger partial charge in [-0.3, -0.25) is 14.4 Å². The van der Waals surface area contributed by atoms with Crippen LogP contribution in [0, 0.1) is 17.2 Å². The zero-order valence-corrected chi connectivity index (χ0v) is 23.8. The molecule has 1 amide bonds. The number of fused-ring (bicyclic) bond motifs is 7. The van der Waals surface area contributed by atoms with Gasteiger partial charge in [0.1, 0.15) is 23.3 Å². The second-order valence-corrected chi connectivity index (χ2v) is 11.3. The minimum absolute atomic E-state index is 0.0359. The molecule has 4 heterocycles. The highest BCUT2D eigenvalue weighted by Gasteiger charge is 2.70. The van der Waals surface area contributed by atoms with E-state index in [2.05, 4.69) is 5.32 Å². The van der Waals surface area contributed by atoms with E-state index >= 15 is 4.79 Å². The Balaban J connectivity index is 1.40. The summed E-state index contributed by atoms with van der Waals surface area (Å²) in [4.78, 5) is 46.5. The summed E-state index contributed by atoms with van der Waals surface area (Å²) in [5.41, 5.74) is 2.02. The number of ether oxygens (including phenoxy) is 3. The van der Waals surface area contributed by atoms with Crippen LogP contribution in [-0.4, -0.2) is 41.8 Å². The first kappa shape index (κ1) is 26.7. The molecule has 4 aromatic rings. The van der Waals surface area contributed by atoms with Gasteiger partial charge >= 0.3 is 0 Å². The monoisotopic (exact) mass is 595 g/mol. The number of carbonyl (C=O) groups is 3. The van der Waals surface area contributed by atoms with Gasteiger partial charge < -0.3 is 24.4 Å². The molecule has 0 radical (unpaired) electrons. The summed E-state index contributed by atoms with van der Waals surface area (Å²) in [5.74, 6) is -1.13. The summed E-state index contributed by atoms with van der Waals surface area (Å²) in [5, 5.41) is 12.3. The zero-order chi connectivity index (χ0) is 30.7. The Labute approximate surface area is 258 Å². The summed E-state index contributed by atoms with van der Waals surface area (Å²) in [6.45, 7) is -0.220. The molecule has 8 rings (SSSR count). The highest BCUT2D eigenvalue weighted by molar-refractivity contribution is 6.17. The average Bonchev–Trinajstić information content (AvgIpc) is 3.76. The van der Waals surface area contributed by atoms with Crippen molar-refractivity contribution in [2.24, 2.45) is 5.92 Å². The molecule has 4 aromatic carbocycles. The first-order chi connectivity index (χ1) is 22.0. The molecule has 9 nitrogen and oxygen atoms in total. The fourth-order valence-electron chi connectivity index (χ4n) is 7.46. The van der Waals surface area contributed by atoms with E-state index in [0.29, 0.717) is 28.3 Å². The molecule has 1 spiro atoms. The second-order valence-electron chi connectivity index (χ2n) is 11.3. The Hall–Kier alpha value is -5.88. The van der Waals surface area contributed by atoms with Crippen LogP contribution in [0.1, 0.15) is 43.4 Å². The standard InChI is InChI=1S/C36H25N3O6/c37-16-18-43-27-12-6-3-9-24(27)33(41)31-30(32(40)22-13-14-28-29(19-22)45-20-44-28)36(25-10-4-5-11-26(25)38-35(36)42)34-23-8-2-1-7-21(23)15-17-39(31)34/h1-15,17,19,30-31,34H,18,20H2,(H,38,42)/t30-,31+,34-,36-/m1/s1. The van der Waals surface area contributed by atoms with Gasteiger partial charge in [0.2, 0.25) is 12.7 Å².